The molecule has 0 aromatic heterocycles. The minimum atomic E-state index is -0.104. The van der Waals surface area contributed by atoms with Crippen molar-refractivity contribution in [2.24, 2.45) is 0 Å². The summed E-state index contributed by atoms with van der Waals surface area (Å²) in [6.45, 7) is 4.72. The number of hydrogen-bond acceptors (Lipinski definition) is 1. The molecule has 9 aromatic rings. The highest BCUT2D eigenvalue weighted by molar-refractivity contribution is 6.14. The average Bonchev–Trinajstić information content (AvgIpc) is 3.43. The first-order valence-electron chi connectivity index (χ1n) is 18.2. The topological polar surface area (TPSA) is 3.24 Å². The van der Waals surface area contributed by atoms with E-state index in [1.165, 1.54) is 82.5 Å². The van der Waals surface area contributed by atoms with Crippen LogP contribution in [0.15, 0.2) is 188 Å². The summed E-state index contributed by atoms with van der Waals surface area (Å²) in [6.07, 6.45) is 0. The van der Waals surface area contributed by atoms with E-state index >= 15 is 0 Å². The van der Waals surface area contributed by atoms with Crippen molar-refractivity contribution in [3.8, 4) is 33.4 Å². The Bertz CT molecular complexity index is 2810. The minimum absolute atomic E-state index is 0.104. The van der Waals surface area contributed by atoms with Crippen LogP contribution in [-0.2, 0) is 5.41 Å². The first-order chi connectivity index (χ1) is 25.6. The second-order valence-electron chi connectivity index (χ2n) is 14.5. The summed E-state index contributed by atoms with van der Waals surface area (Å²) in [4.78, 5) is 2.47. The van der Waals surface area contributed by atoms with Gasteiger partial charge in [-0.15, -0.1) is 0 Å². The Labute approximate surface area is 305 Å². The zero-order chi connectivity index (χ0) is 34.8. The van der Waals surface area contributed by atoms with Gasteiger partial charge in [-0.25, -0.2) is 0 Å². The molecule has 0 amide bonds. The van der Waals surface area contributed by atoms with Crippen LogP contribution in [0, 0.1) is 0 Å². The number of fused-ring (bicyclic) bond motifs is 7. The Balaban J connectivity index is 1.19. The van der Waals surface area contributed by atoms with Crippen LogP contribution in [0.3, 0.4) is 0 Å². The van der Waals surface area contributed by atoms with Crippen LogP contribution >= 0.6 is 0 Å². The fourth-order valence-corrected chi connectivity index (χ4v) is 8.70. The van der Waals surface area contributed by atoms with Gasteiger partial charge in [0, 0.05) is 22.2 Å². The Morgan fingerprint density at radius 3 is 1.77 bits per heavy atom. The van der Waals surface area contributed by atoms with E-state index in [1.54, 1.807) is 0 Å². The number of rotatable bonds is 5. The highest BCUT2D eigenvalue weighted by Crippen LogP contribution is 2.51. The van der Waals surface area contributed by atoms with E-state index in [-0.39, 0.29) is 5.41 Å². The van der Waals surface area contributed by atoms with E-state index in [4.69, 9.17) is 0 Å². The van der Waals surface area contributed by atoms with Crippen molar-refractivity contribution in [3.05, 3.63) is 199 Å². The predicted molar refractivity (Wildman–Crippen MR) is 222 cm³/mol. The van der Waals surface area contributed by atoms with E-state index in [2.05, 4.69) is 207 Å². The maximum absolute atomic E-state index is 2.47. The molecule has 1 aliphatic rings. The van der Waals surface area contributed by atoms with Crippen molar-refractivity contribution in [1.82, 2.24) is 0 Å². The lowest BCUT2D eigenvalue weighted by atomic mass is 9.82. The van der Waals surface area contributed by atoms with Gasteiger partial charge in [0.2, 0.25) is 0 Å². The molecule has 52 heavy (non-hydrogen) atoms. The van der Waals surface area contributed by atoms with Crippen LogP contribution in [0.25, 0.3) is 65.7 Å². The summed E-state index contributed by atoms with van der Waals surface area (Å²) in [6, 6.07) is 69.2. The summed E-state index contributed by atoms with van der Waals surface area (Å²) in [5.41, 5.74) is 13.7. The van der Waals surface area contributed by atoms with Crippen molar-refractivity contribution >= 4 is 49.4 Å². The molecule has 1 aliphatic carbocycles. The SMILES string of the molecule is CC1(C)c2ccccc2-c2ccc(N(c3ccc(-c4ccc5ccccc5c4-c4ccccc4)cc3)c3cc4ccccc4c4ccccc34)cc21. The molecule has 0 unspecified atom stereocenters. The monoisotopic (exact) mass is 663 g/mol. The Kier molecular flexibility index (Phi) is 6.91. The molecule has 0 saturated heterocycles. The van der Waals surface area contributed by atoms with E-state index < -0.39 is 0 Å². The lowest BCUT2D eigenvalue weighted by molar-refractivity contribution is 0.660. The first-order valence-corrected chi connectivity index (χ1v) is 18.2. The number of nitrogens with zero attached hydrogens (tertiary/aromatic N) is 1. The molecular weight excluding hydrogens is 627 g/mol. The van der Waals surface area contributed by atoms with Gasteiger partial charge in [-0.1, -0.05) is 172 Å². The Morgan fingerprint density at radius 2 is 0.962 bits per heavy atom. The summed E-state index contributed by atoms with van der Waals surface area (Å²) >= 11 is 0. The lowest BCUT2D eigenvalue weighted by Gasteiger charge is -2.29. The number of benzene rings is 9. The van der Waals surface area contributed by atoms with Gasteiger partial charge in [0.05, 0.1) is 5.69 Å². The second kappa shape index (κ2) is 11.8. The minimum Gasteiger partial charge on any atom is -0.310 e. The molecular formula is C51H37N. The van der Waals surface area contributed by atoms with Crippen molar-refractivity contribution in [3.63, 3.8) is 0 Å². The lowest BCUT2D eigenvalue weighted by Crippen LogP contribution is -2.16. The van der Waals surface area contributed by atoms with Crippen LogP contribution in [0.4, 0.5) is 17.1 Å². The third-order valence-corrected chi connectivity index (χ3v) is 11.2. The highest BCUT2D eigenvalue weighted by atomic mass is 15.1. The summed E-state index contributed by atoms with van der Waals surface area (Å²) in [5, 5.41) is 7.51. The van der Waals surface area contributed by atoms with Gasteiger partial charge in [0.1, 0.15) is 0 Å². The third-order valence-electron chi connectivity index (χ3n) is 11.2. The van der Waals surface area contributed by atoms with Gasteiger partial charge >= 0.3 is 0 Å². The van der Waals surface area contributed by atoms with Gasteiger partial charge in [-0.05, 0) is 102 Å². The molecule has 0 heterocycles. The summed E-state index contributed by atoms with van der Waals surface area (Å²) in [5.74, 6) is 0. The van der Waals surface area contributed by atoms with Gasteiger partial charge in [0.25, 0.3) is 0 Å². The summed E-state index contributed by atoms with van der Waals surface area (Å²) < 4.78 is 0. The molecule has 0 fully saturated rings. The standard InChI is InChI=1S/C51H37N/c1-51(2)47-23-13-12-21-44(47)45-31-29-39(33-48(45)51)52(49-32-37-17-7-8-18-40(37)43-20-10-11-22-46(43)49)38-27-24-35(25-28-38)42-30-26-34-14-6-9-19-41(34)50(42)36-15-4-3-5-16-36/h3-33H,1-2H3. The molecule has 1 heteroatoms. The zero-order valence-corrected chi connectivity index (χ0v) is 29.3. The molecule has 1 nitrogen and oxygen atoms in total. The van der Waals surface area contributed by atoms with Crippen molar-refractivity contribution in [2.75, 3.05) is 4.90 Å². The molecule has 10 rings (SSSR count). The van der Waals surface area contributed by atoms with E-state index in [1.807, 2.05) is 0 Å². The maximum atomic E-state index is 2.47. The number of hydrogen-bond donors (Lipinski definition) is 0. The van der Waals surface area contributed by atoms with E-state index in [9.17, 15) is 0 Å². The molecule has 0 saturated carbocycles. The second-order valence-corrected chi connectivity index (χ2v) is 14.5. The normalized spacial score (nSPS) is 13.0. The highest BCUT2D eigenvalue weighted by Gasteiger charge is 2.35. The largest absolute Gasteiger partial charge is 0.310 e. The van der Waals surface area contributed by atoms with E-state index in [0.717, 1.165) is 11.4 Å². The fourth-order valence-electron chi connectivity index (χ4n) is 8.70. The third kappa shape index (κ3) is 4.70. The average molecular weight is 664 g/mol. The molecule has 0 aliphatic heterocycles. The molecule has 246 valence electrons. The van der Waals surface area contributed by atoms with Crippen LogP contribution in [0.1, 0.15) is 25.0 Å². The zero-order valence-electron chi connectivity index (χ0n) is 29.3. The molecule has 0 atom stereocenters. The molecule has 0 N–H and O–H groups in total. The maximum Gasteiger partial charge on any atom is 0.0546 e. The molecule has 9 aromatic carbocycles. The Hall–Kier alpha value is -6.44. The predicted octanol–water partition coefficient (Wildman–Crippen LogP) is 14.3. The quantitative estimate of drug-likeness (QED) is 0.166. The van der Waals surface area contributed by atoms with Crippen LogP contribution in [0.2, 0.25) is 0 Å². The van der Waals surface area contributed by atoms with Crippen LogP contribution in [0.5, 0.6) is 0 Å². The van der Waals surface area contributed by atoms with Gasteiger partial charge in [-0.2, -0.15) is 0 Å². The van der Waals surface area contributed by atoms with Crippen LogP contribution in [-0.4, -0.2) is 0 Å². The first kappa shape index (κ1) is 30.4. The van der Waals surface area contributed by atoms with Crippen molar-refractivity contribution in [1.29, 1.82) is 0 Å². The van der Waals surface area contributed by atoms with Gasteiger partial charge < -0.3 is 4.90 Å². The smallest absolute Gasteiger partial charge is 0.0546 e. The van der Waals surface area contributed by atoms with E-state index in [0.29, 0.717) is 0 Å². The Morgan fingerprint density at radius 1 is 0.365 bits per heavy atom. The van der Waals surface area contributed by atoms with Gasteiger partial charge in [-0.3, -0.25) is 0 Å². The molecule has 0 bridgehead atoms. The van der Waals surface area contributed by atoms with Gasteiger partial charge in [0.15, 0.2) is 0 Å². The molecule has 0 spiro atoms. The van der Waals surface area contributed by atoms with Crippen molar-refractivity contribution < 1.29 is 0 Å². The van der Waals surface area contributed by atoms with Crippen LogP contribution < -0.4 is 4.90 Å². The number of anilines is 3. The molecule has 0 radical (unpaired) electrons. The fraction of sp³-hybridized carbons (Fsp3) is 0.0588. The summed E-state index contributed by atoms with van der Waals surface area (Å²) in [7, 11) is 0. The van der Waals surface area contributed by atoms with Crippen molar-refractivity contribution in [2.45, 2.75) is 19.3 Å².